The van der Waals surface area contributed by atoms with E-state index in [4.69, 9.17) is 4.98 Å². The van der Waals surface area contributed by atoms with Gasteiger partial charge < -0.3 is 5.11 Å². The van der Waals surface area contributed by atoms with Gasteiger partial charge in [0.1, 0.15) is 5.82 Å². The predicted octanol–water partition coefficient (Wildman–Crippen LogP) is 3.17. The summed E-state index contributed by atoms with van der Waals surface area (Å²) in [6.45, 7) is 6.38. The maximum atomic E-state index is 9.52. The standard InChI is InChI=1S/C15H24N2O/c1-10(2)13(9-18)15-16-11(3)8-14(17-15)12-6-4-5-7-12/h8,10,12-13,18H,4-7,9H2,1-3H3. The minimum atomic E-state index is 0.0602. The number of hydrogen-bond donors (Lipinski definition) is 1. The summed E-state index contributed by atoms with van der Waals surface area (Å²) in [5.41, 5.74) is 2.22. The Morgan fingerprint density at radius 2 is 1.94 bits per heavy atom. The normalized spacial score (nSPS) is 18.5. The summed E-state index contributed by atoms with van der Waals surface area (Å²) in [6.07, 6.45) is 5.13. The van der Waals surface area contributed by atoms with Crippen LogP contribution in [-0.4, -0.2) is 21.7 Å². The summed E-state index contributed by atoms with van der Waals surface area (Å²) in [5.74, 6) is 1.87. The Morgan fingerprint density at radius 3 is 2.50 bits per heavy atom. The topological polar surface area (TPSA) is 46.0 Å². The second-order valence-corrected chi connectivity index (χ2v) is 5.81. The molecule has 1 aromatic rings. The Balaban J connectivity index is 2.30. The van der Waals surface area contributed by atoms with E-state index in [0.29, 0.717) is 11.8 Å². The minimum Gasteiger partial charge on any atom is -0.396 e. The van der Waals surface area contributed by atoms with Crippen molar-refractivity contribution in [1.29, 1.82) is 0 Å². The lowest BCUT2D eigenvalue weighted by atomic mass is 9.95. The van der Waals surface area contributed by atoms with Crippen molar-refractivity contribution in [2.24, 2.45) is 5.92 Å². The van der Waals surface area contributed by atoms with E-state index in [1.807, 2.05) is 6.92 Å². The molecule has 0 spiro atoms. The van der Waals surface area contributed by atoms with Gasteiger partial charge in [0, 0.05) is 23.2 Å². The smallest absolute Gasteiger partial charge is 0.134 e. The van der Waals surface area contributed by atoms with E-state index in [1.165, 1.54) is 31.4 Å². The van der Waals surface area contributed by atoms with E-state index in [-0.39, 0.29) is 12.5 Å². The molecule has 1 aliphatic rings. The first-order valence-corrected chi connectivity index (χ1v) is 7.08. The molecule has 2 rings (SSSR count). The van der Waals surface area contributed by atoms with Crippen LogP contribution in [0.1, 0.15) is 68.6 Å². The van der Waals surface area contributed by atoms with Crippen molar-refractivity contribution in [1.82, 2.24) is 9.97 Å². The van der Waals surface area contributed by atoms with Crippen LogP contribution in [0.25, 0.3) is 0 Å². The van der Waals surface area contributed by atoms with Crippen molar-refractivity contribution in [3.05, 3.63) is 23.3 Å². The number of aliphatic hydroxyl groups excluding tert-OH is 1. The Hall–Kier alpha value is -0.960. The van der Waals surface area contributed by atoms with Crippen LogP contribution in [-0.2, 0) is 0 Å². The molecular formula is C15H24N2O. The Bertz CT molecular complexity index is 397. The van der Waals surface area contributed by atoms with Crippen LogP contribution in [0.3, 0.4) is 0 Å². The lowest BCUT2D eigenvalue weighted by molar-refractivity contribution is 0.231. The molecule has 3 heteroatoms. The highest BCUT2D eigenvalue weighted by molar-refractivity contribution is 5.17. The Kier molecular flexibility index (Phi) is 4.33. The van der Waals surface area contributed by atoms with E-state index in [9.17, 15) is 5.11 Å². The summed E-state index contributed by atoms with van der Waals surface area (Å²) in [7, 11) is 0. The third kappa shape index (κ3) is 2.89. The largest absolute Gasteiger partial charge is 0.396 e. The van der Waals surface area contributed by atoms with Crippen LogP contribution in [0.2, 0.25) is 0 Å². The molecule has 1 aromatic heterocycles. The lowest BCUT2D eigenvalue weighted by Crippen LogP contribution is -2.16. The van der Waals surface area contributed by atoms with Gasteiger partial charge in [0.15, 0.2) is 0 Å². The fourth-order valence-corrected chi connectivity index (χ4v) is 2.80. The molecule has 1 saturated carbocycles. The molecule has 18 heavy (non-hydrogen) atoms. The van der Waals surface area contributed by atoms with Crippen LogP contribution < -0.4 is 0 Å². The predicted molar refractivity (Wildman–Crippen MR) is 72.6 cm³/mol. The third-order valence-electron chi connectivity index (χ3n) is 4.00. The van der Waals surface area contributed by atoms with E-state index in [0.717, 1.165) is 11.5 Å². The van der Waals surface area contributed by atoms with Crippen molar-refractivity contribution in [2.45, 2.75) is 58.3 Å². The zero-order valence-electron chi connectivity index (χ0n) is 11.7. The molecule has 0 bridgehead atoms. The zero-order valence-corrected chi connectivity index (χ0v) is 11.7. The van der Waals surface area contributed by atoms with Gasteiger partial charge in [-0.2, -0.15) is 0 Å². The first kappa shape index (κ1) is 13.5. The lowest BCUT2D eigenvalue weighted by Gasteiger charge is -2.19. The number of hydrogen-bond acceptors (Lipinski definition) is 3. The Morgan fingerprint density at radius 1 is 1.28 bits per heavy atom. The molecule has 0 radical (unpaired) electrons. The summed E-state index contributed by atoms with van der Waals surface area (Å²) >= 11 is 0. The van der Waals surface area contributed by atoms with Crippen molar-refractivity contribution in [3.63, 3.8) is 0 Å². The van der Waals surface area contributed by atoms with Gasteiger partial charge in [-0.3, -0.25) is 0 Å². The van der Waals surface area contributed by atoms with Crippen LogP contribution in [0.5, 0.6) is 0 Å². The van der Waals surface area contributed by atoms with E-state index in [1.54, 1.807) is 0 Å². The molecule has 1 N–H and O–H groups in total. The minimum absolute atomic E-state index is 0.0602. The number of aromatic nitrogens is 2. The molecule has 1 unspecified atom stereocenters. The van der Waals surface area contributed by atoms with Crippen LogP contribution in [0, 0.1) is 12.8 Å². The van der Waals surface area contributed by atoms with Crippen molar-refractivity contribution in [3.8, 4) is 0 Å². The second kappa shape index (κ2) is 5.79. The highest BCUT2D eigenvalue weighted by Gasteiger charge is 2.23. The number of rotatable bonds is 4. The molecule has 1 atom stereocenters. The maximum Gasteiger partial charge on any atom is 0.134 e. The zero-order chi connectivity index (χ0) is 13.1. The summed E-state index contributed by atoms with van der Waals surface area (Å²) in [4.78, 5) is 9.26. The monoisotopic (exact) mass is 248 g/mol. The summed E-state index contributed by atoms with van der Waals surface area (Å²) < 4.78 is 0. The fourth-order valence-electron chi connectivity index (χ4n) is 2.80. The fraction of sp³-hybridized carbons (Fsp3) is 0.733. The van der Waals surface area contributed by atoms with Crippen LogP contribution in [0.4, 0.5) is 0 Å². The number of aliphatic hydroxyl groups is 1. The molecule has 3 nitrogen and oxygen atoms in total. The van der Waals surface area contributed by atoms with Gasteiger partial charge in [0.2, 0.25) is 0 Å². The van der Waals surface area contributed by atoms with Gasteiger partial charge in [0.25, 0.3) is 0 Å². The molecular weight excluding hydrogens is 224 g/mol. The van der Waals surface area contributed by atoms with Crippen molar-refractivity contribution < 1.29 is 5.11 Å². The molecule has 0 saturated heterocycles. The van der Waals surface area contributed by atoms with Gasteiger partial charge >= 0.3 is 0 Å². The molecule has 100 valence electrons. The van der Waals surface area contributed by atoms with E-state index >= 15 is 0 Å². The van der Waals surface area contributed by atoms with E-state index < -0.39 is 0 Å². The van der Waals surface area contributed by atoms with Gasteiger partial charge in [-0.1, -0.05) is 26.7 Å². The maximum absolute atomic E-state index is 9.52. The average Bonchev–Trinajstić information content (AvgIpc) is 2.82. The SMILES string of the molecule is Cc1cc(C2CCCC2)nc(C(CO)C(C)C)n1. The molecule has 0 aromatic carbocycles. The molecule has 0 amide bonds. The van der Waals surface area contributed by atoms with Crippen LogP contribution in [0.15, 0.2) is 6.07 Å². The first-order valence-electron chi connectivity index (χ1n) is 7.08. The quantitative estimate of drug-likeness (QED) is 0.890. The van der Waals surface area contributed by atoms with Gasteiger partial charge in [0.05, 0.1) is 6.61 Å². The summed E-state index contributed by atoms with van der Waals surface area (Å²) in [5, 5.41) is 9.52. The highest BCUT2D eigenvalue weighted by atomic mass is 16.3. The van der Waals surface area contributed by atoms with Gasteiger partial charge in [-0.05, 0) is 31.7 Å². The van der Waals surface area contributed by atoms with Gasteiger partial charge in [-0.15, -0.1) is 0 Å². The number of aryl methyl sites for hydroxylation is 1. The first-order chi connectivity index (χ1) is 8.61. The van der Waals surface area contributed by atoms with Crippen LogP contribution >= 0.6 is 0 Å². The highest BCUT2D eigenvalue weighted by Crippen LogP contribution is 2.34. The second-order valence-electron chi connectivity index (χ2n) is 5.81. The summed E-state index contributed by atoms with van der Waals surface area (Å²) in [6, 6.07) is 2.12. The van der Waals surface area contributed by atoms with E-state index in [2.05, 4.69) is 24.9 Å². The van der Waals surface area contributed by atoms with Gasteiger partial charge in [-0.25, -0.2) is 9.97 Å². The third-order valence-corrected chi connectivity index (χ3v) is 4.00. The molecule has 1 fully saturated rings. The number of nitrogens with zero attached hydrogens (tertiary/aromatic N) is 2. The van der Waals surface area contributed by atoms with Crippen molar-refractivity contribution >= 4 is 0 Å². The average molecular weight is 248 g/mol. The molecule has 1 heterocycles. The molecule has 0 aliphatic heterocycles. The molecule has 1 aliphatic carbocycles. The Labute approximate surface area is 110 Å². The van der Waals surface area contributed by atoms with Crippen molar-refractivity contribution in [2.75, 3.05) is 6.61 Å².